The van der Waals surface area contributed by atoms with Crippen LogP contribution in [0.4, 0.5) is 0 Å². The largest absolute Gasteiger partial charge is 0.0879 e. The summed E-state index contributed by atoms with van der Waals surface area (Å²) in [4.78, 5) is 0. The summed E-state index contributed by atoms with van der Waals surface area (Å²) >= 11 is 0. The molecule has 0 heteroatoms. The van der Waals surface area contributed by atoms with Crippen molar-refractivity contribution < 1.29 is 0 Å². The third-order valence-electron chi connectivity index (χ3n) is 3.29. The highest BCUT2D eigenvalue weighted by Gasteiger charge is 2.19. The van der Waals surface area contributed by atoms with E-state index < -0.39 is 0 Å². The van der Waals surface area contributed by atoms with Crippen LogP contribution in [0.5, 0.6) is 0 Å². The fraction of sp³-hybridized carbons (Fsp3) is 0.429. The Morgan fingerprint density at radius 2 is 2.00 bits per heavy atom. The summed E-state index contributed by atoms with van der Waals surface area (Å²) in [6.45, 7) is 4.57. The van der Waals surface area contributed by atoms with Gasteiger partial charge in [0, 0.05) is 5.92 Å². The number of hydrogen-bond acceptors (Lipinski definition) is 0. The predicted octanol–water partition coefficient (Wildman–Crippen LogP) is 4.06. The van der Waals surface area contributed by atoms with Crippen molar-refractivity contribution in [2.75, 3.05) is 0 Å². The molecule has 0 radical (unpaired) electrons. The van der Waals surface area contributed by atoms with E-state index in [2.05, 4.69) is 50.3 Å². The van der Waals surface area contributed by atoms with Gasteiger partial charge in [-0.1, -0.05) is 43.3 Å². The number of allylic oxidation sites excluding steroid dienone is 2. The molecule has 0 heterocycles. The second-order valence-corrected chi connectivity index (χ2v) is 4.37. The van der Waals surface area contributed by atoms with E-state index in [1.165, 1.54) is 24.0 Å². The summed E-state index contributed by atoms with van der Waals surface area (Å²) in [6.07, 6.45) is 7.30. The van der Waals surface area contributed by atoms with Crippen LogP contribution in [0.25, 0.3) is 0 Å². The predicted molar refractivity (Wildman–Crippen MR) is 61.5 cm³/mol. The SMILES string of the molecule is Cc1ccccc1C1C=CCCC1C. The number of aryl methyl sites for hydroxylation is 1. The fourth-order valence-electron chi connectivity index (χ4n) is 2.34. The normalized spacial score (nSPS) is 26.4. The molecule has 0 amide bonds. The Morgan fingerprint density at radius 1 is 1.21 bits per heavy atom. The molecular weight excluding hydrogens is 168 g/mol. The van der Waals surface area contributed by atoms with Gasteiger partial charge in [0.1, 0.15) is 0 Å². The maximum absolute atomic E-state index is 2.39. The maximum Gasteiger partial charge on any atom is 0.00463 e. The summed E-state index contributed by atoms with van der Waals surface area (Å²) < 4.78 is 0. The number of hydrogen-bond donors (Lipinski definition) is 0. The summed E-state index contributed by atoms with van der Waals surface area (Å²) in [5.41, 5.74) is 2.94. The van der Waals surface area contributed by atoms with Crippen LogP contribution in [0.3, 0.4) is 0 Å². The van der Waals surface area contributed by atoms with Gasteiger partial charge >= 0.3 is 0 Å². The molecule has 0 aliphatic heterocycles. The molecule has 0 fully saturated rings. The molecule has 2 unspecified atom stereocenters. The summed E-state index contributed by atoms with van der Waals surface area (Å²) in [5, 5.41) is 0. The lowest BCUT2D eigenvalue weighted by molar-refractivity contribution is 0.468. The first kappa shape index (κ1) is 9.51. The molecule has 1 aromatic rings. The number of benzene rings is 1. The first-order chi connectivity index (χ1) is 6.79. The molecular formula is C14H18. The lowest BCUT2D eigenvalue weighted by atomic mass is 9.79. The lowest BCUT2D eigenvalue weighted by Gasteiger charge is -2.25. The summed E-state index contributed by atoms with van der Waals surface area (Å²) in [6, 6.07) is 8.75. The zero-order valence-electron chi connectivity index (χ0n) is 9.03. The first-order valence-electron chi connectivity index (χ1n) is 5.51. The van der Waals surface area contributed by atoms with E-state index in [4.69, 9.17) is 0 Å². The molecule has 2 atom stereocenters. The van der Waals surface area contributed by atoms with E-state index in [1.807, 2.05) is 0 Å². The van der Waals surface area contributed by atoms with E-state index in [0.717, 1.165) is 5.92 Å². The van der Waals surface area contributed by atoms with Crippen LogP contribution in [0, 0.1) is 12.8 Å². The molecule has 1 aliphatic rings. The van der Waals surface area contributed by atoms with Gasteiger partial charge in [0.05, 0.1) is 0 Å². The quantitative estimate of drug-likeness (QED) is 0.580. The highest BCUT2D eigenvalue weighted by Crippen LogP contribution is 2.34. The van der Waals surface area contributed by atoms with Crippen LogP contribution in [0.15, 0.2) is 36.4 Å². The van der Waals surface area contributed by atoms with Crippen molar-refractivity contribution in [3.63, 3.8) is 0 Å². The van der Waals surface area contributed by atoms with Crippen molar-refractivity contribution in [2.24, 2.45) is 5.92 Å². The van der Waals surface area contributed by atoms with Gasteiger partial charge in [-0.2, -0.15) is 0 Å². The Kier molecular flexibility index (Phi) is 2.72. The standard InChI is InChI=1S/C14H18/c1-11-7-3-5-9-13(11)14-10-6-4-8-12(14)2/h3,5-7,9-10,12,14H,4,8H2,1-2H3. The third-order valence-corrected chi connectivity index (χ3v) is 3.29. The van der Waals surface area contributed by atoms with E-state index in [1.54, 1.807) is 0 Å². The van der Waals surface area contributed by atoms with Crippen LogP contribution in [-0.2, 0) is 0 Å². The van der Waals surface area contributed by atoms with Gasteiger partial charge in [-0.05, 0) is 36.8 Å². The van der Waals surface area contributed by atoms with Crippen LogP contribution in [0.2, 0.25) is 0 Å². The Hall–Kier alpha value is -1.04. The summed E-state index contributed by atoms with van der Waals surface area (Å²) in [7, 11) is 0. The molecule has 0 nitrogen and oxygen atoms in total. The van der Waals surface area contributed by atoms with Crippen LogP contribution in [0.1, 0.15) is 36.8 Å². The van der Waals surface area contributed by atoms with Crippen molar-refractivity contribution in [2.45, 2.75) is 32.6 Å². The Labute approximate surface area is 86.7 Å². The molecule has 74 valence electrons. The minimum absolute atomic E-state index is 0.643. The van der Waals surface area contributed by atoms with Crippen molar-refractivity contribution in [3.05, 3.63) is 47.5 Å². The Balaban J connectivity index is 2.34. The second kappa shape index (κ2) is 4.00. The molecule has 0 saturated heterocycles. The summed E-state index contributed by atoms with van der Waals surface area (Å²) in [5.74, 6) is 1.44. The maximum atomic E-state index is 2.39. The van der Waals surface area contributed by atoms with E-state index in [0.29, 0.717) is 5.92 Å². The van der Waals surface area contributed by atoms with Crippen molar-refractivity contribution >= 4 is 0 Å². The zero-order chi connectivity index (χ0) is 9.97. The smallest absolute Gasteiger partial charge is 0.00463 e. The topological polar surface area (TPSA) is 0 Å². The average molecular weight is 186 g/mol. The minimum Gasteiger partial charge on any atom is -0.0879 e. The average Bonchev–Trinajstić information content (AvgIpc) is 2.20. The minimum atomic E-state index is 0.643. The molecule has 0 bridgehead atoms. The molecule has 1 aliphatic carbocycles. The van der Waals surface area contributed by atoms with E-state index in [-0.39, 0.29) is 0 Å². The highest BCUT2D eigenvalue weighted by atomic mass is 14.2. The third kappa shape index (κ3) is 1.75. The molecule has 0 N–H and O–H groups in total. The highest BCUT2D eigenvalue weighted by molar-refractivity contribution is 5.33. The van der Waals surface area contributed by atoms with E-state index in [9.17, 15) is 0 Å². The molecule has 0 spiro atoms. The molecule has 2 rings (SSSR count). The monoisotopic (exact) mass is 186 g/mol. The molecule has 0 aromatic heterocycles. The first-order valence-corrected chi connectivity index (χ1v) is 5.51. The van der Waals surface area contributed by atoms with Gasteiger partial charge < -0.3 is 0 Å². The fourth-order valence-corrected chi connectivity index (χ4v) is 2.34. The van der Waals surface area contributed by atoms with Gasteiger partial charge in [0.2, 0.25) is 0 Å². The van der Waals surface area contributed by atoms with Gasteiger partial charge in [0.15, 0.2) is 0 Å². The zero-order valence-corrected chi connectivity index (χ0v) is 9.03. The van der Waals surface area contributed by atoms with Crippen LogP contribution >= 0.6 is 0 Å². The lowest BCUT2D eigenvalue weighted by Crippen LogP contribution is -2.11. The Bertz CT molecular complexity index is 336. The number of rotatable bonds is 1. The molecule has 0 saturated carbocycles. The second-order valence-electron chi connectivity index (χ2n) is 4.37. The molecule has 14 heavy (non-hydrogen) atoms. The van der Waals surface area contributed by atoms with Gasteiger partial charge in [-0.25, -0.2) is 0 Å². The van der Waals surface area contributed by atoms with Crippen molar-refractivity contribution in [1.82, 2.24) is 0 Å². The van der Waals surface area contributed by atoms with Crippen molar-refractivity contribution in [1.29, 1.82) is 0 Å². The Morgan fingerprint density at radius 3 is 2.71 bits per heavy atom. The van der Waals surface area contributed by atoms with Gasteiger partial charge in [-0.3, -0.25) is 0 Å². The van der Waals surface area contributed by atoms with Crippen LogP contribution in [-0.4, -0.2) is 0 Å². The van der Waals surface area contributed by atoms with E-state index >= 15 is 0 Å². The van der Waals surface area contributed by atoms with Gasteiger partial charge in [-0.15, -0.1) is 0 Å². The molecule has 1 aromatic carbocycles. The van der Waals surface area contributed by atoms with Gasteiger partial charge in [0.25, 0.3) is 0 Å². The van der Waals surface area contributed by atoms with Crippen molar-refractivity contribution in [3.8, 4) is 0 Å². The van der Waals surface area contributed by atoms with Crippen LogP contribution < -0.4 is 0 Å².